The third-order valence-corrected chi connectivity index (χ3v) is 6.43. The van der Waals surface area contributed by atoms with Gasteiger partial charge in [0.05, 0.1) is 0 Å². The predicted octanol–water partition coefficient (Wildman–Crippen LogP) is 3.22. The molecule has 1 amide bonds. The number of amides is 1. The van der Waals surface area contributed by atoms with E-state index in [9.17, 15) is 4.79 Å². The van der Waals surface area contributed by atoms with E-state index in [1.165, 1.54) is 0 Å². The molecule has 2 fully saturated rings. The molecule has 3 aromatic rings. The van der Waals surface area contributed by atoms with Crippen LogP contribution in [0.1, 0.15) is 53.8 Å². The molecule has 158 valence electrons. The predicted molar refractivity (Wildman–Crippen MR) is 109 cm³/mol. The second-order valence-electron chi connectivity index (χ2n) is 8.11. The molecule has 2 aliphatic heterocycles. The minimum Gasteiger partial charge on any atom is -0.381 e. The number of carbonyl (C=O) groups excluding carboxylic acids is 1. The fourth-order valence-corrected chi connectivity index (χ4v) is 4.48. The summed E-state index contributed by atoms with van der Waals surface area (Å²) >= 11 is 0. The summed E-state index contributed by atoms with van der Waals surface area (Å²) in [7, 11) is 1.67. The van der Waals surface area contributed by atoms with Gasteiger partial charge in [-0.25, -0.2) is 0 Å². The molecule has 5 rings (SSSR count). The van der Waals surface area contributed by atoms with E-state index >= 15 is 0 Å². The summed E-state index contributed by atoms with van der Waals surface area (Å²) < 4.78 is 16.9. The maximum absolute atomic E-state index is 13.0. The average molecular weight is 410 g/mol. The van der Waals surface area contributed by atoms with E-state index in [1.54, 1.807) is 7.11 Å². The van der Waals surface area contributed by atoms with E-state index < -0.39 is 5.60 Å². The largest absolute Gasteiger partial charge is 0.381 e. The second kappa shape index (κ2) is 7.85. The van der Waals surface area contributed by atoms with Crippen LogP contribution in [0, 0.1) is 0 Å². The molecule has 4 heterocycles. The number of para-hydroxylation sites is 1. The molecular weight excluding hydrogens is 384 g/mol. The first-order chi connectivity index (χ1) is 14.7. The Morgan fingerprint density at radius 3 is 2.73 bits per heavy atom. The number of aromatic nitrogens is 3. The van der Waals surface area contributed by atoms with Crippen LogP contribution in [0.15, 0.2) is 34.9 Å². The minimum atomic E-state index is -0.645. The summed E-state index contributed by atoms with van der Waals surface area (Å²) in [5.41, 5.74) is 0.935. The van der Waals surface area contributed by atoms with Gasteiger partial charge in [0.25, 0.3) is 11.8 Å². The van der Waals surface area contributed by atoms with E-state index in [2.05, 4.69) is 15.1 Å². The van der Waals surface area contributed by atoms with Crippen molar-refractivity contribution in [1.82, 2.24) is 20.0 Å². The normalized spacial score (nSPS) is 20.0. The number of benzene rings is 1. The van der Waals surface area contributed by atoms with Gasteiger partial charge in [0.2, 0.25) is 0 Å². The van der Waals surface area contributed by atoms with Crippen molar-refractivity contribution in [2.24, 2.45) is 0 Å². The summed E-state index contributed by atoms with van der Waals surface area (Å²) in [6.45, 7) is 2.59. The van der Waals surface area contributed by atoms with E-state index in [0.29, 0.717) is 37.5 Å². The van der Waals surface area contributed by atoms with Gasteiger partial charge in [0, 0.05) is 63.1 Å². The van der Waals surface area contributed by atoms with Crippen LogP contribution >= 0.6 is 0 Å². The van der Waals surface area contributed by atoms with E-state index in [-0.39, 0.29) is 11.8 Å². The molecule has 2 saturated heterocycles. The number of likely N-dealkylation sites (tertiary alicyclic amines) is 1. The summed E-state index contributed by atoms with van der Waals surface area (Å²) in [5.74, 6) is 1.53. The van der Waals surface area contributed by atoms with E-state index in [4.69, 9.17) is 14.0 Å². The summed E-state index contributed by atoms with van der Waals surface area (Å²) in [6.07, 6.45) is 3.05. The number of aromatic amines is 1. The Morgan fingerprint density at radius 1 is 1.23 bits per heavy atom. The number of ether oxygens (including phenoxy) is 2. The van der Waals surface area contributed by atoms with Gasteiger partial charge in [0.15, 0.2) is 5.82 Å². The Morgan fingerprint density at radius 2 is 2.00 bits per heavy atom. The maximum atomic E-state index is 13.0. The molecule has 30 heavy (non-hydrogen) atoms. The van der Waals surface area contributed by atoms with Gasteiger partial charge in [-0.3, -0.25) is 4.79 Å². The molecule has 0 saturated carbocycles. The molecule has 0 radical (unpaired) electrons. The standard InChI is InChI=1S/C22H26N4O4/c1-28-22(21-24-19(25-30-21)15-6-12-29-13-7-15)8-10-26(11-9-22)20(27)18-14-16-4-2-3-5-17(16)23-18/h2-5,14-15,23H,6-13H2,1H3. The van der Waals surface area contributed by atoms with Crippen LogP contribution in [0.4, 0.5) is 0 Å². The minimum absolute atomic E-state index is 0.00401. The average Bonchev–Trinajstić information content (AvgIpc) is 3.47. The SMILES string of the molecule is COC1(c2nc(C3CCOCC3)no2)CCN(C(=O)c2cc3ccccc3[nH]2)CC1. The molecule has 1 N–H and O–H groups in total. The highest BCUT2D eigenvalue weighted by atomic mass is 16.5. The Labute approximate surface area is 174 Å². The van der Waals surface area contributed by atoms with Crippen molar-refractivity contribution in [2.45, 2.75) is 37.2 Å². The Bertz CT molecular complexity index is 996. The van der Waals surface area contributed by atoms with Crippen LogP contribution in [0.2, 0.25) is 0 Å². The molecule has 0 atom stereocenters. The van der Waals surface area contributed by atoms with Gasteiger partial charge in [-0.15, -0.1) is 0 Å². The quantitative estimate of drug-likeness (QED) is 0.710. The van der Waals surface area contributed by atoms with Crippen molar-refractivity contribution in [3.8, 4) is 0 Å². The van der Waals surface area contributed by atoms with Crippen molar-refractivity contribution >= 4 is 16.8 Å². The van der Waals surface area contributed by atoms with Crippen LogP contribution < -0.4 is 0 Å². The Hall–Kier alpha value is -2.71. The fraction of sp³-hybridized carbons (Fsp3) is 0.500. The molecule has 2 aromatic heterocycles. The summed E-state index contributed by atoms with van der Waals surface area (Å²) in [4.78, 5) is 22.8. The van der Waals surface area contributed by atoms with Crippen molar-refractivity contribution in [1.29, 1.82) is 0 Å². The highest BCUT2D eigenvalue weighted by Gasteiger charge is 2.43. The lowest BCUT2D eigenvalue weighted by Gasteiger charge is -2.38. The zero-order valence-corrected chi connectivity index (χ0v) is 17.1. The molecule has 0 bridgehead atoms. The first-order valence-corrected chi connectivity index (χ1v) is 10.5. The molecular formula is C22H26N4O4. The monoisotopic (exact) mass is 410 g/mol. The van der Waals surface area contributed by atoms with Crippen LogP contribution in [-0.4, -0.2) is 59.3 Å². The molecule has 0 unspecified atom stereocenters. The summed E-state index contributed by atoms with van der Waals surface area (Å²) in [5, 5.41) is 5.26. The van der Waals surface area contributed by atoms with Gasteiger partial charge in [-0.05, 0) is 25.0 Å². The third-order valence-electron chi connectivity index (χ3n) is 6.43. The van der Waals surface area contributed by atoms with Crippen LogP contribution in [0.3, 0.4) is 0 Å². The lowest BCUT2D eigenvalue weighted by atomic mass is 9.90. The van der Waals surface area contributed by atoms with Gasteiger partial charge < -0.3 is 23.9 Å². The number of hydrogen-bond donors (Lipinski definition) is 1. The van der Waals surface area contributed by atoms with Crippen molar-refractivity contribution in [3.63, 3.8) is 0 Å². The van der Waals surface area contributed by atoms with Gasteiger partial charge in [0.1, 0.15) is 11.3 Å². The van der Waals surface area contributed by atoms with Crippen LogP contribution in [0.5, 0.6) is 0 Å². The topological polar surface area (TPSA) is 93.5 Å². The number of carbonyl (C=O) groups is 1. The Balaban J connectivity index is 1.29. The zero-order chi connectivity index (χ0) is 20.6. The lowest BCUT2D eigenvalue weighted by Crippen LogP contribution is -2.46. The van der Waals surface area contributed by atoms with Gasteiger partial charge in [-0.2, -0.15) is 4.98 Å². The number of rotatable bonds is 4. The van der Waals surface area contributed by atoms with E-state index in [1.807, 2.05) is 35.2 Å². The number of fused-ring (bicyclic) bond motifs is 1. The van der Waals surface area contributed by atoms with Crippen LogP contribution in [0.25, 0.3) is 10.9 Å². The third kappa shape index (κ3) is 3.40. The molecule has 0 aliphatic carbocycles. The summed E-state index contributed by atoms with van der Waals surface area (Å²) in [6, 6.07) is 9.81. The molecule has 8 heteroatoms. The number of nitrogens with one attached hydrogen (secondary N) is 1. The molecule has 8 nitrogen and oxygen atoms in total. The molecule has 1 aromatic carbocycles. The fourth-order valence-electron chi connectivity index (χ4n) is 4.48. The van der Waals surface area contributed by atoms with Gasteiger partial charge in [-0.1, -0.05) is 23.4 Å². The number of nitrogens with zero attached hydrogens (tertiary/aromatic N) is 3. The Kier molecular flexibility index (Phi) is 5.04. The van der Waals surface area contributed by atoms with Crippen molar-refractivity contribution in [3.05, 3.63) is 47.7 Å². The molecule has 0 spiro atoms. The highest BCUT2D eigenvalue weighted by molar-refractivity contribution is 5.98. The van der Waals surface area contributed by atoms with E-state index in [0.717, 1.165) is 42.8 Å². The number of H-pyrrole nitrogens is 1. The van der Waals surface area contributed by atoms with Crippen LogP contribution in [-0.2, 0) is 15.1 Å². The lowest BCUT2D eigenvalue weighted by molar-refractivity contribution is -0.0779. The molecule has 2 aliphatic rings. The van der Waals surface area contributed by atoms with Crippen molar-refractivity contribution in [2.75, 3.05) is 33.4 Å². The number of methoxy groups -OCH3 is 1. The maximum Gasteiger partial charge on any atom is 0.270 e. The number of piperidine rings is 1. The smallest absolute Gasteiger partial charge is 0.270 e. The van der Waals surface area contributed by atoms with Gasteiger partial charge >= 0.3 is 0 Å². The number of hydrogen-bond acceptors (Lipinski definition) is 6. The first kappa shape index (κ1) is 19.3. The first-order valence-electron chi connectivity index (χ1n) is 10.5. The second-order valence-corrected chi connectivity index (χ2v) is 8.11. The van der Waals surface area contributed by atoms with Crippen molar-refractivity contribution < 1.29 is 18.8 Å². The highest BCUT2D eigenvalue weighted by Crippen LogP contribution is 2.37. The zero-order valence-electron chi connectivity index (χ0n) is 17.1.